The van der Waals surface area contributed by atoms with Gasteiger partial charge in [-0.15, -0.1) is 11.3 Å². The van der Waals surface area contributed by atoms with E-state index in [1.54, 1.807) is 23.2 Å². The molecule has 1 aliphatic rings. The first-order valence-corrected chi connectivity index (χ1v) is 13.5. The number of carbonyl (C=O) groups is 3. The summed E-state index contributed by atoms with van der Waals surface area (Å²) in [4.78, 5) is 43.6. The first kappa shape index (κ1) is 29.8. The summed E-state index contributed by atoms with van der Waals surface area (Å²) in [5, 5.41) is 19.3. The van der Waals surface area contributed by atoms with Gasteiger partial charge in [-0.2, -0.15) is 0 Å². The Morgan fingerprint density at radius 3 is 2.56 bits per heavy atom. The van der Waals surface area contributed by atoms with Crippen molar-refractivity contribution in [3.05, 3.63) is 81.0 Å². The molecule has 1 aliphatic heterocycles. The second-order valence-corrected chi connectivity index (χ2v) is 11.4. The quantitative estimate of drug-likeness (QED) is 0.213. The van der Waals surface area contributed by atoms with Crippen molar-refractivity contribution in [1.82, 2.24) is 20.2 Å². The Morgan fingerprint density at radius 2 is 2.00 bits per heavy atom. The summed E-state index contributed by atoms with van der Waals surface area (Å²) in [5.41, 5.74) is 3.37. The van der Waals surface area contributed by atoms with E-state index in [2.05, 4.69) is 48.0 Å². The number of carbonyl (C=O) groups excluding carboxylic acids is 3. The molecule has 0 atom stereocenters. The van der Waals surface area contributed by atoms with Crippen molar-refractivity contribution in [3.8, 4) is 5.75 Å². The lowest BCUT2D eigenvalue weighted by atomic mass is 9.86. The SMILES string of the molecule is C=CC(=O)N1CC(NC(=O)c2cc(CNc3cc(C(C)(C)C)c(Cl)cc3O)ccn2)C1.Cc1csc(C=O)n1. The molecular formula is C28H32ClN5O4S. The number of thiazole rings is 1. The number of anilines is 1. The van der Waals surface area contributed by atoms with Crippen LogP contribution in [0.4, 0.5) is 5.69 Å². The van der Waals surface area contributed by atoms with Gasteiger partial charge in [0.05, 0.1) is 11.7 Å². The lowest BCUT2D eigenvalue weighted by Crippen LogP contribution is -2.60. The summed E-state index contributed by atoms with van der Waals surface area (Å²) >= 11 is 7.66. The van der Waals surface area contributed by atoms with Crippen LogP contribution in [0.15, 0.2) is 48.5 Å². The predicted octanol–water partition coefficient (Wildman–Crippen LogP) is 4.74. The van der Waals surface area contributed by atoms with Crippen LogP contribution >= 0.6 is 22.9 Å². The molecule has 9 nitrogen and oxygen atoms in total. The highest BCUT2D eigenvalue weighted by molar-refractivity contribution is 7.11. The monoisotopic (exact) mass is 569 g/mol. The van der Waals surface area contributed by atoms with Crippen molar-refractivity contribution in [3.63, 3.8) is 0 Å². The fourth-order valence-electron chi connectivity index (χ4n) is 3.75. The number of benzene rings is 1. The number of nitrogens with zero attached hydrogens (tertiary/aromatic N) is 3. The van der Waals surface area contributed by atoms with Crippen LogP contribution in [0.2, 0.25) is 5.02 Å². The number of aryl methyl sites for hydroxylation is 1. The fraction of sp³-hybridized carbons (Fsp3) is 0.321. The van der Waals surface area contributed by atoms with E-state index < -0.39 is 0 Å². The largest absolute Gasteiger partial charge is 0.506 e. The van der Waals surface area contributed by atoms with E-state index >= 15 is 0 Å². The molecule has 11 heteroatoms. The van der Waals surface area contributed by atoms with Crippen molar-refractivity contribution in [1.29, 1.82) is 0 Å². The molecule has 3 aromatic rings. The van der Waals surface area contributed by atoms with Crippen molar-refractivity contribution in [2.24, 2.45) is 0 Å². The van der Waals surface area contributed by atoms with Gasteiger partial charge in [-0.1, -0.05) is 39.0 Å². The van der Waals surface area contributed by atoms with Gasteiger partial charge in [0, 0.05) is 48.0 Å². The lowest BCUT2D eigenvalue weighted by molar-refractivity contribution is -0.130. The van der Waals surface area contributed by atoms with E-state index in [1.807, 2.05) is 18.4 Å². The molecule has 1 fully saturated rings. The zero-order chi connectivity index (χ0) is 28.7. The Hall–Kier alpha value is -3.76. The molecule has 0 saturated carbocycles. The van der Waals surface area contributed by atoms with Crippen LogP contribution < -0.4 is 10.6 Å². The van der Waals surface area contributed by atoms with Crippen LogP contribution in [-0.2, 0) is 16.8 Å². The van der Waals surface area contributed by atoms with Gasteiger partial charge >= 0.3 is 0 Å². The zero-order valence-electron chi connectivity index (χ0n) is 22.3. The van der Waals surface area contributed by atoms with E-state index in [9.17, 15) is 19.5 Å². The number of pyridine rings is 1. The highest BCUT2D eigenvalue weighted by atomic mass is 35.5. The number of aldehydes is 1. The van der Waals surface area contributed by atoms with Crippen molar-refractivity contribution < 1.29 is 19.5 Å². The number of phenolic OH excluding ortho intramolecular Hbond substituents is 1. The van der Waals surface area contributed by atoms with Crippen LogP contribution in [0, 0.1) is 6.92 Å². The Morgan fingerprint density at radius 1 is 1.28 bits per heavy atom. The van der Waals surface area contributed by atoms with Crippen LogP contribution in [-0.4, -0.2) is 57.2 Å². The number of halogens is 1. The maximum absolute atomic E-state index is 12.5. The third-order valence-corrected chi connectivity index (χ3v) is 7.07. The summed E-state index contributed by atoms with van der Waals surface area (Å²) in [7, 11) is 0. The van der Waals surface area contributed by atoms with Gasteiger partial charge < -0.3 is 20.6 Å². The highest BCUT2D eigenvalue weighted by Gasteiger charge is 2.30. The van der Waals surface area contributed by atoms with E-state index in [0.717, 1.165) is 23.1 Å². The number of hydrogen-bond donors (Lipinski definition) is 3. The molecule has 0 bridgehead atoms. The third-order valence-electron chi connectivity index (χ3n) is 5.87. The molecule has 2 aromatic heterocycles. The molecule has 0 radical (unpaired) electrons. The summed E-state index contributed by atoms with van der Waals surface area (Å²) in [5.74, 6) is -0.368. The molecule has 1 saturated heterocycles. The number of hydrogen-bond acceptors (Lipinski definition) is 8. The van der Waals surface area contributed by atoms with E-state index in [1.165, 1.54) is 23.5 Å². The molecule has 0 spiro atoms. The first-order valence-electron chi connectivity index (χ1n) is 12.2. The first-order chi connectivity index (χ1) is 18.4. The number of phenols is 1. The Labute approximate surface area is 236 Å². The number of amides is 2. The normalized spacial score (nSPS) is 13.0. The molecule has 3 N–H and O–H groups in total. The van der Waals surface area contributed by atoms with Gasteiger partial charge in [0.1, 0.15) is 11.4 Å². The number of aromatic nitrogens is 2. The Balaban J connectivity index is 0.000000449. The number of nitrogens with one attached hydrogen (secondary N) is 2. The van der Waals surface area contributed by atoms with Gasteiger partial charge in [-0.25, -0.2) is 4.98 Å². The van der Waals surface area contributed by atoms with E-state index in [-0.39, 0.29) is 29.0 Å². The van der Waals surface area contributed by atoms with E-state index in [0.29, 0.717) is 41.0 Å². The smallest absolute Gasteiger partial charge is 0.270 e. The number of aromatic hydroxyl groups is 1. The minimum atomic E-state index is -0.290. The Bertz CT molecular complexity index is 1360. The number of likely N-dealkylation sites (tertiary alicyclic amines) is 1. The summed E-state index contributed by atoms with van der Waals surface area (Å²) in [6.45, 7) is 12.8. The maximum atomic E-state index is 12.5. The molecule has 1 aromatic carbocycles. The molecule has 0 aliphatic carbocycles. The van der Waals surface area contributed by atoms with E-state index in [4.69, 9.17) is 11.6 Å². The molecule has 2 amide bonds. The van der Waals surface area contributed by atoms with Gasteiger partial charge in [0.2, 0.25) is 5.91 Å². The third kappa shape index (κ3) is 8.11. The van der Waals surface area contributed by atoms with Crippen LogP contribution in [0.3, 0.4) is 0 Å². The molecule has 4 rings (SSSR count). The Kier molecular flexibility index (Phi) is 9.82. The molecule has 206 valence electrons. The minimum absolute atomic E-state index is 0.0635. The summed E-state index contributed by atoms with van der Waals surface area (Å²) in [6, 6.07) is 6.79. The predicted molar refractivity (Wildman–Crippen MR) is 154 cm³/mol. The highest BCUT2D eigenvalue weighted by Crippen LogP contribution is 2.37. The molecular weight excluding hydrogens is 538 g/mol. The lowest BCUT2D eigenvalue weighted by Gasteiger charge is -2.38. The average Bonchev–Trinajstić information content (AvgIpc) is 3.30. The topological polar surface area (TPSA) is 125 Å². The van der Waals surface area contributed by atoms with Gasteiger partial charge in [0.25, 0.3) is 5.91 Å². The molecule has 3 heterocycles. The zero-order valence-corrected chi connectivity index (χ0v) is 23.9. The van der Waals surface area contributed by atoms with Crippen LogP contribution in [0.1, 0.15) is 57.9 Å². The second-order valence-electron chi connectivity index (χ2n) is 10.1. The number of rotatable bonds is 7. The summed E-state index contributed by atoms with van der Waals surface area (Å²) < 4.78 is 0. The minimum Gasteiger partial charge on any atom is -0.506 e. The van der Waals surface area contributed by atoms with Gasteiger partial charge in [0.15, 0.2) is 11.3 Å². The molecule has 0 unspecified atom stereocenters. The standard InChI is InChI=1S/C23H27ClN4O3.C5H5NOS/c1-5-21(30)28-12-15(13-28)27-22(31)19-8-14(6-7-25-19)11-26-18-9-16(23(2,3)4)17(24)10-20(18)29;1-4-3-8-5(2-7)6-4/h5-10,15,26,29H,1,11-13H2,2-4H3,(H,27,31);2-3H,1H3. The van der Waals surface area contributed by atoms with Crippen molar-refractivity contribution in [2.45, 2.75) is 45.7 Å². The van der Waals surface area contributed by atoms with Crippen molar-refractivity contribution >= 4 is 46.7 Å². The van der Waals surface area contributed by atoms with Gasteiger partial charge in [-0.3, -0.25) is 19.4 Å². The maximum Gasteiger partial charge on any atom is 0.270 e. The van der Waals surface area contributed by atoms with Crippen LogP contribution in [0.25, 0.3) is 0 Å². The van der Waals surface area contributed by atoms with Gasteiger partial charge in [-0.05, 0) is 47.7 Å². The van der Waals surface area contributed by atoms with Crippen LogP contribution in [0.5, 0.6) is 5.75 Å². The summed E-state index contributed by atoms with van der Waals surface area (Å²) in [6.07, 6.45) is 3.60. The molecule has 39 heavy (non-hydrogen) atoms. The fourth-order valence-corrected chi connectivity index (χ4v) is 4.79. The average molecular weight is 570 g/mol. The van der Waals surface area contributed by atoms with Crippen molar-refractivity contribution in [2.75, 3.05) is 18.4 Å². The second kappa shape index (κ2) is 12.9.